The molecule has 0 heterocycles. The number of carboxylic acids is 2. The van der Waals surface area contributed by atoms with E-state index in [-0.39, 0.29) is 5.56 Å². The average molecular weight is 274 g/mol. The van der Waals surface area contributed by atoms with Crippen LogP contribution in [0.1, 0.15) is 20.7 Å². The predicted octanol–water partition coefficient (Wildman–Crippen LogP) is 1.93. The van der Waals surface area contributed by atoms with Crippen LogP contribution in [-0.2, 0) is 0 Å². The first-order valence-electron chi connectivity index (χ1n) is 5.58. The molecule has 0 unspecified atom stereocenters. The average Bonchev–Trinajstić information content (AvgIpc) is 2.39. The normalized spacial score (nSPS) is 9.20. The molecule has 0 radical (unpaired) electrons. The van der Waals surface area contributed by atoms with E-state index in [0.717, 1.165) is 0 Å². The zero-order valence-corrected chi connectivity index (χ0v) is 10.5. The number of aromatic carboxylic acids is 2. The quantitative estimate of drug-likeness (QED) is 0.620. The fourth-order valence-corrected chi connectivity index (χ4v) is 1.38. The molecule has 0 bridgehead atoms. The highest BCUT2D eigenvalue weighted by atomic mass is 16.4. The molecule has 20 heavy (non-hydrogen) atoms. The summed E-state index contributed by atoms with van der Waals surface area (Å²) in [4.78, 5) is 20.6. The van der Waals surface area contributed by atoms with E-state index < -0.39 is 11.9 Å². The van der Waals surface area contributed by atoms with Gasteiger partial charge in [0.15, 0.2) is 0 Å². The van der Waals surface area contributed by atoms with E-state index in [4.69, 9.17) is 21.7 Å². The Morgan fingerprint density at radius 2 is 1.20 bits per heavy atom. The Hall–Kier alpha value is -3.02. The second kappa shape index (κ2) is 6.79. The van der Waals surface area contributed by atoms with Crippen molar-refractivity contribution in [2.75, 3.05) is 11.5 Å². The van der Waals surface area contributed by atoms with Crippen molar-refractivity contribution in [3.8, 4) is 0 Å². The van der Waals surface area contributed by atoms with E-state index in [1.54, 1.807) is 30.3 Å². The van der Waals surface area contributed by atoms with Gasteiger partial charge in [-0.1, -0.05) is 18.2 Å². The van der Waals surface area contributed by atoms with Crippen LogP contribution < -0.4 is 11.5 Å². The second-order valence-corrected chi connectivity index (χ2v) is 3.86. The fraction of sp³-hybridized carbons (Fsp3) is 0. The first-order valence-corrected chi connectivity index (χ1v) is 5.58. The van der Waals surface area contributed by atoms with Gasteiger partial charge in [0.1, 0.15) is 0 Å². The van der Waals surface area contributed by atoms with Crippen molar-refractivity contribution in [1.82, 2.24) is 0 Å². The largest absolute Gasteiger partial charge is 0.478 e. The first kappa shape index (κ1) is 15.0. The molecule has 6 nitrogen and oxygen atoms in total. The van der Waals surface area contributed by atoms with Gasteiger partial charge >= 0.3 is 11.9 Å². The number of nitrogens with two attached hydrogens (primary N) is 2. The standard InChI is InChI=1S/C7H8N2O2.C7H6O2/c8-5-1-4(7(10)11)2-6(9)3-5;8-7(9)6-4-2-1-3-5-6/h1-3H,8-9H2,(H,10,11);1-5H,(H,8,9). The van der Waals surface area contributed by atoms with Gasteiger partial charge < -0.3 is 21.7 Å². The van der Waals surface area contributed by atoms with Crippen molar-refractivity contribution >= 4 is 23.3 Å². The van der Waals surface area contributed by atoms with E-state index in [2.05, 4.69) is 0 Å². The molecule has 6 heteroatoms. The van der Waals surface area contributed by atoms with Crippen LogP contribution >= 0.6 is 0 Å². The first-order chi connectivity index (χ1) is 9.40. The lowest BCUT2D eigenvalue weighted by atomic mass is 10.2. The van der Waals surface area contributed by atoms with Crippen LogP contribution in [0.2, 0.25) is 0 Å². The van der Waals surface area contributed by atoms with E-state index in [0.29, 0.717) is 16.9 Å². The van der Waals surface area contributed by atoms with Crippen molar-refractivity contribution < 1.29 is 19.8 Å². The lowest BCUT2D eigenvalue weighted by molar-refractivity contribution is 0.0686. The molecule has 0 fully saturated rings. The molecular formula is C14H14N2O4. The SMILES string of the molecule is Nc1cc(N)cc(C(=O)O)c1.O=C(O)c1ccccc1. The number of hydrogen-bond donors (Lipinski definition) is 4. The molecule has 0 spiro atoms. The van der Waals surface area contributed by atoms with E-state index >= 15 is 0 Å². The molecule has 0 saturated heterocycles. The number of rotatable bonds is 2. The van der Waals surface area contributed by atoms with Gasteiger partial charge in [-0.3, -0.25) is 0 Å². The lowest BCUT2D eigenvalue weighted by Gasteiger charge is -1.98. The third kappa shape index (κ3) is 4.69. The molecule has 0 aliphatic heterocycles. The second-order valence-electron chi connectivity index (χ2n) is 3.86. The monoisotopic (exact) mass is 274 g/mol. The summed E-state index contributed by atoms with van der Waals surface area (Å²) in [7, 11) is 0. The van der Waals surface area contributed by atoms with E-state index in [1.807, 2.05) is 0 Å². The highest BCUT2D eigenvalue weighted by Gasteiger charge is 2.03. The van der Waals surface area contributed by atoms with Crippen molar-refractivity contribution in [2.24, 2.45) is 0 Å². The summed E-state index contributed by atoms with van der Waals surface area (Å²) in [5.41, 5.74) is 11.9. The van der Waals surface area contributed by atoms with Crippen LogP contribution in [-0.4, -0.2) is 22.2 Å². The van der Waals surface area contributed by atoms with Crippen molar-refractivity contribution in [2.45, 2.75) is 0 Å². The van der Waals surface area contributed by atoms with Gasteiger partial charge in [0.05, 0.1) is 11.1 Å². The zero-order valence-electron chi connectivity index (χ0n) is 10.5. The summed E-state index contributed by atoms with van der Waals surface area (Å²) < 4.78 is 0. The molecular weight excluding hydrogens is 260 g/mol. The molecule has 0 aromatic heterocycles. The molecule has 2 aromatic rings. The molecule has 0 aliphatic rings. The van der Waals surface area contributed by atoms with Crippen LogP contribution in [0.25, 0.3) is 0 Å². The molecule has 0 aliphatic carbocycles. The number of carbonyl (C=O) groups is 2. The summed E-state index contributed by atoms with van der Waals surface area (Å²) in [5, 5.41) is 16.9. The Kier molecular flexibility index (Phi) is 5.11. The fourth-order valence-electron chi connectivity index (χ4n) is 1.38. The van der Waals surface area contributed by atoms with Crippen LogP contribution in [0.4, 0.5) is 11.4 Å². The molecule has 0 amide bonds. The molecule has 104 valence electrons. The van der Waals surface area contributed by atoms with Crippen LogP contribution in [0.15, 0.2) is 48.5 Å². The molecule has 2 rings (SSSR count). The van der Waals surface area contributed by atoms with E-state index in [1.165, 1.54) is 18.2 Å². The third-order valence-corrected chi connectivity index (χ3v) is 2.25. The van der Waals surface area contributed by atoms with Gasteiger partial charge in [-0.25, -0.2) is 9.59 Å². The molecule has 6 N–H and O–H groups in total. The Morgan fingerprint density at radius 3 is 1.55 bits per heavy atom. The van der Waals surface area contributed by atoms with Gasteiger partial charge in [-0.05, 0) is 30.3 Å². The third-order valence-electron chi connectivity index (χ3n) is 2.25. The van der Waals surface area contributed by atoms with Crippen molar-refractivity contribution in [3.05, 3.63) is 59.7 Å². The van der Waals surface area contributed by atoms with Gasteiger partial charge in [0, 0.05) is 11.4 Å². The Balaban J connectivity index is 0.000000204. The van der Waals surface area contributed by atoms with E-state index in [9.17, 15) is 9.59 Å². The highest BCUT2D eigenvalue weighted by Crippen LogP contribution is 2.12. The van der Waals surface area contributed by atoms with Crippen molar-refractivity contribution in [3.63, 3.8) is 0 Å². The molecule has 0 saturated carbocycles. The Labute approximate surface area is 115 Å². The smallest absolute Gasteiger partial charge is 0.335 e. The number of nitrogen functional groups attached to an aromatic ring is 2. The summed E-state index contributed by atoms with van der Waals surface area (Å²) in [6, 6.07) is 12.5. The Morgan fingerprint density at radius 1 is 0.750 bits per heavy atom. The van der Waals surface area contributed by atoms with Gasteiger partial charge in [-0.2, -0.15) is 0 Å². The maximum Gasteiger partial charge on any atom is 0.335 e. The maximum atomic E-state index is 10.4. The number of benzene rings is 2. The predicted molar refractivity (Wildman–Crippen MR) is 75.6 cm³/mol. The highest BCUT2D eigenvalue weighted by molar-refractivity contribution is 5.90. The van der Waals surface area contributed by atoms with Gasteiger partial charge in [-0.15, -0.1) is 0 Å². The van der Waals surface area contributed by atoms with Crippen LogP contribution in [0.3, 0.4) is 0 Å². The minimum absolute atomic E-state index is 0.113. The summed E-state index contributed by atoms with van der Waals surface area (Å²) in [6.45, 7) is 0. The molecule has 2 aromatic carbocycles. The topological polar surface area (TPSA) is 127 Å². The summed E-state index contributed by atoms with van der Waals surface area (Å²) >= 11 is 0. The number of hydrogen-bond acceptors (Lipinski definition) is 4. The maximum absolute atomic E-state index is 10.4. The van der Waals surface area contributed by atoms with Crippen LogP contribution in [0, 0.1) is 0 Å². The minimum Gasteiger partial charge on any atom is -0.478 e. The summed E-state index contributed by atoms with van der Waals surface area (Å²) in [6.07, 6.45) is 0. The van der Waals surface area contributed by atoms with Crippen molar-refractivity contribution in [1.29, 1.82) is 0 Å². The van der Waals surface area contributed by atoms with Gasteiger partial charge in [0.2, 0.25) is 0 Å². The molecule has 0 atom stereocenters. The Bertz CT molecular complexity index is 592. The van der Waals surface area contributed by atoms with Crippen LogP contribution in [0.5, 0.6) is 0 Å². The zero-order chi connectivity index (χ0) is 15.1. The minimum atomic E-state index is -1.02. The lowest BCUT2D eigenvalue weighted by Crippen LogP contribution is -1.99. The summed E-state index contributed by atoms with van der Waals surface area (Å²) in [5.74, 6) is -1.90. The number of anilines is 2. The van der Waals surface area contributed by atoms with Gasteiger partial charge in [0.25, 0.3) is 0 Å². The number of carboxylic acid groups (broad SMARTS) is 2.